The number of nitrogens with zero attached hydrogens (tertiary/aromatic N) is 2. The van der Waals surface area contributed by atoms with E-state index in [-0.39, 0.29) is 16.8 Å². The fraction of sp³-hybridized carbons (Fsp3) is 0.304. The molecule has 2 heterocycles. The lowest BCUT2D eigenvalue weighted by atomic mass is 10.0. The van der Waals surface area contributed by atoms with Crippen LogP contribution in [-0.4, -0.2) is 36.2 Å². The molecule has 1 saturated heterocycles. The highest BCUT2D eigenvalue weighted by molar-refractivity contribution is 7.89. The highest BCUT2D eigenvalue weighted by Gasteiger charge is 2.32. The number of benzene rings is 2. The first kappa shape index (κ1) is 24.2. The number of halogens is 2. The third kappa shape index (κ3) is 5.25. The molecule has 0 bridgehead atoms. The molecule has 0 saturated carbocycles. The molecule has 174 valence electrons. The van der Waals surface area contributed by atoms with Crippen molar-refractivity contribution in [3.8, 4) is 11.3 Å². The number of aromatic nitrogens is 1. The summed E-state index contributed by atoms with van der Waals surface area (Å²) in [4.78, 5) is 17.3. The van der Waals surface area contributed by atoms with E-state index in [0.717, 1.165) is 25.7 Å². The number of nitrogens with one attached hydrogen (secondary N) is 1. The summed E-state index contributed by atoms with van der Waals surface area (Å²) >= 11 is 13.5. The van der Waals surface area contributed by atoms with Gasteiger partial charge in [0.25, 0.3) is 5.91 Å². The summed E-state index contributed by atoms with van der Waals surface area (Å²) in [5.41, 5.74) is 1.63. The van der Waals surface area contributed by atoms with Crippen molar-refractivity contribution in [1.29, 1.82) is 0 Å². The Bertz CT molecular complexity index is 1260. The maximum absolute atomic E-state index is 13.1. The summed E-state index contributed by atoms with van der Waals surface area (Å²) < 4.78 is 27.8. The maximum Gasteiger partial charge on any atom is 0.257 e. The van der Waals surface area contributed by atoms with Crippen molar-refractivity contribution in [1.82, 2.24) is 9.29 Å². The third-order valence-electron chi connectivity index (χ3n) is 5.70. The van der Waals surface area contributed by atoms with E-state index in [1.165, 1.54) is 35.6 Å². The van der Waals surface area contributed by atoms with Crippen molar-refractivity contribution in [3.63, 3.8) is 0 Å². The molecule has 1 N–H and O–H groups in total. The molecule has 1 unspecified atom stereocenters. The molecule has 1 amide bonds. The topological polar surface area (TPSA) is 79.4 Å². The van der Waals surface area contributed by atoms with Crippen LogP contribution in [0, 0.1) is 0 Å². The number of hydrogen-bond donors (Lipinski definition) is 1. The lowest BCUT2D eigenvalue weighted by molar-refractivity contribution is 0.102. The molecule has 4 rings (SSSR count). The van der Waals surface area contributed by atoms with E-state index in [1.807, 2.05) is 6.92 Å². The SMILES string of the molecule is CCC1CCCCN1S(=O)(=O)c1ccc(C(=O)Nc2nc(-c3cc(Cl)ccc3Cl)cs2)cc1. The van der Waals surface area contributed by atoms with Gasteiger partial charge >= 0.3 is 0 Å². The van der Waals surface area contributed by atoms with Gasteiger partial charge in [0.2, 0.25) is 10.0 Å². The Labute approximate surface area is 207 Å². The highest BCUT2D eigenvalue weighted by Crippen LogP contribution is 2.33. The van der Waals surface area contributed by atoms with Gasteiger partial charge in [-0.2, -0.15) is 4.31 Å². The number of piperidine rings is 1. The first-order chi connectivity index (χ1) is 15.8. The molecule has 1 aliphatic rings. The van der Waals surface area contributed by atoms with E-state index in [0.29, 0.717) is 38.5 Å². The Morgan fingerprint density at radius 1 is 1.18 bits per heavy atom. The largest absolute Gasteiger partial charge is 0.298 e. The minimum atomic E-state index is -3.59. The minimum Gasteiger partial charge on any atom is -0.298 e. The normalized spacial score (nSPS) is 17.1. The molecule has 3 aromatic rings. The van der Waals surface area contributed by atoms with Crippen molar-refractivity contribution in [3.05, 3.63) is 63.5 Å². The minimum absolute atomic E-state index is 0.0267. The summed E-state index contributed by atoms with van der Waals surface area (Å²) in [6.07, 6.45) is 3.58. The second kappa shape index (κ2) is 10.1. The summed E-state index contributed by atoms with van der Waals surface area (Å²) in [5.74, 6) is -0.374. The molecule has 1 aliphatic heterocycles. The van der Waals surface area contributed by atoms with Crippen molar-refractivity contribution >= 4 is 55.6 Å². The Balaban J connectivity index is 1.48. The van der Waals surface area contributed by atoms with Crippen LogP contribution in [0.4, 0.5) is 5.13 Å². The molecule has 10 heteroatoms. The van der Waals surface area contributed by atoms with Gasteiger partial charge in [-0.25, -0.2) is 13.4 Å². The molecular weight excluding hydrogens is 501 g/mol. The van der Waals surface area contributed by atoms with Crippen LogP contribution in [0.3, 0.4) is 0 Å². The zero-order chi connectivity index (χ0) is 23.6. The van der Waals surface area contributed by atoms with Crippen molar-refractivity contribution in [2.75, 3.05) is 11.9 Å². The van der Waals surface area contributed by atoms with E-state index < -0.39 is 10.0 Å². The van der Waals surface area contributed by atoms with Gasteiger partial charge in [-0.3, -0.25) is 10.1 Å². The summed E-state index contributed by atoms with van der Waals surface area (Å²) in [6.45, 7) is 2.54. The van der Waals surface area contributed by atoms with Crippen LogP contribution in [0.5, 0.6) is 0 Å². The zero-order valence-electron chi connectivity index (χ0n) is 17.9. The molecule has 6 nitrogen and oxygen atoms in total. The van der Waals surface area contributed by atoms with Crippen LogP contribution < -0.4 is 5.32 Å². The quantitative estimate of drug-likeness (QED) is 0.409. The lowest BCUT2D eigenvalue weighted by Crippen LogP contribution is -2.43. The number of carbonyl (C=O) groups is 1. The van der Waals surface area contributed by atoms with Crippen molar-refractivity contribution < 1.29 is 13.2 Å². The fourth-order valence-corrected chi connectivity index (χ4v) is 6.79. The summed E-state index contributed by atoms with van der Waals surface area (Å²) in [7, 11) is -3.59. The number of rotatable bonds is 6. The van der Waals surface area contributed by atoms with Gasteiger partial charge < -0.3 is 0 Å². The van der Waals surface area contributed by atoms with Gasteiger partial charge in [0.1, 0.15) is 0 Å². The van der Waals surface area contributed by atoms with Crippen LogP contribution in [0.25, 0.3) is 11.3 Å². The number of hydrogen-bond acceptors (Lipinski definition) is 5. The monoisotopic (exact) mass is 523 g/mol. The average molecular weight is 524 g/mol. The van der Waals surface area contributed by atoms with Gasteiger partial charge in [-0.1, -0.05) is 36.5 Å². The van der Waals surface area contributed by atoms with Crippen LogP contribution in [0.2, 0.25) is 10.0 Å². The highest BCUT2D eigenvalue weighted by atomic mass is 35.5. The third-order valence-corrected chi connectivity index (χ3v) is 8.98. The Kier molecular flexibility index (Phi) is 7.40. The molecule has 1 aromatic heterocycles. The zero-order valence-corrected chi connectivity index (χ0v) is 21.1. The summed E-state index contributed by atoms with van der Waals surface area (Å²) in [5, 5.41) is 5.99. The Morgan fingerprint density at radius 3 is 2.67 bits per heavy atom. The van der Waals surface area contributed by atoms with Crippen LogP contribution >= 0.6 is 34.5 Å². The summed E-state index contributed by atoms with van der Waals surface area (Å²) in [6, 6.07) is 11.2. The average Bonchev–Trinajstić information content (AvgIpc) is 3.28. The fourth-order valence-electron chi connectivity index (χ4n) is 3.93. The van der Waals surface area contributed by atoms with Crippen LogP contribution in [0.1, 0.15) is 43.0 Å². The van der Waals surface area contributed by atoms with Crippen molar-refractivity contribution in [2.45, 2.75) is 43.5 Å². The smallest absolute Gasteiger partial charge is 0.257 e. The standard InChI is InChI=1S/C23H23Cl2N3O3S2/c1-2-17-5-3-4-12-28(17)33(30,31)18-9-6-15(7-10-18)22(29)27-23-26-21(14-32-23)19-13-16(24)8-11-20(19)25/h6-11,13-14,17H,2-5,12H2,1H3,(H,26,27,29). The van der Waals surface area contributed by atoms with Crippen LogP contribution in [0.15, 0.2) is 52.7 Å². The second-order valence-corrected chi connectivity index (χ2v) is 11.4. The van der Waals surface area contributed by atoms with Gasteiger partial charge in [0, 0.05) is 34.1 Å². The Hall–Kier alpha value is -1.97. The molecule has 0 spiro atoms. The van der Waals surface area contributed by atoms with Crippen LogP contribution in [-0.2, 0) is 10.0 Å². The first-order valence-electron chi connectivity index (χ1n) is 10.6. The van der Waals surface area contributed by atoms with Gasteiger partial charge in [-0.15, -0.1) is 11.3 Å². The number of amides is 1. The predicted molar refractivity (Wildman–Crippen MR) is 134 cm³/mol. The molecule has 1 fully saturated rings. The molecular formula is C23H23Cl2N3O3S2. The molecule has 0 aliphatic carbocycles. The van der Waals surface area contributed by atoms with Crippen molar-refractivity contribution in [2.24, 2.45) is 0 Å². The number of thiazole rings is 1. The molecule has 2 aromatic carbocycles. The van der Waals surface area contributed by atoms with E-state index >= 15 is 0 Å². The number of sulfonamides is 1. The van der Waals surface area contributed by atoms with E-state index in [9.17, 15) is 13.2 Å². The number of carbonyl (C=O) groups excluding carboxylic acids is 1. The second-order valence-electron chi connectivity index (χ2n) is 7.81. The van der Waals surface area contributed by atoms with E-state index in [2.05, 4.69) is 10.3 Å². The van der Waals surface area contributed by atoms with Gasteiger partial charge in [0.15, 0.2) is 5.13 Å². The molecule has 1 atom stereocenters. The molecule has 33 heavy (non-hydrogen) atoms. The first-order valence-corrected chi connectivity index (χ1v) is 13.7. The predicted octanol–water partition coefficient (Wildman–Crippen LogP) is 6.32. The van der Waals surface area contributed by atoms with Gasteiger partial charge in [-0.05, 0) is 61.7 Å². The number of anilines is 1. The Morgan fingerprint density at radius 2 is 1.94 bits per heavy atom. The van der Waals surface area contributed by atoms with E-state index in [1.54, 1.807) is 27.9 Å². The lowest BCUT2D eigenvalue weighted by Gasteiger charge is -2.34. The van der Waals surface area contributed by atoms with E-state index in [4.69, 9.17) is 23.2 Å². The molecule has 0 radical (unpaired) electrons. The maximum atomic E-state index is 13.1. The van der Waals surface area contributed by atoms with Gasteiger partial charge in [0.05, 0.1) is 15.6 Å².